The number of carbonyl (C=O) groups is 1. The normalized spacial score (nSPS) is 14.9. The first kappa shape index (κ1) is 21.4. The van der Waals surface area contributed by atoms with E-state index in [9.17, 15) is 10.1 Å². The van der Waals surface area contributed by atoms with E-state index in [4.69, 9.17) is 19.6 Å². The largest absolute Gasteiger partial charge is 0.449 e. The van der Waals surface area contributed by atoms with Crippen LogP contribution in [0.25, 0.3) is 11.0 Å². The standard InChI is InChI=1S/C28H22N2O4/c1-15-4-7-18(8-5-15)25-21-11-9-19(13-24(21)34-27(30)22(25)14-29)32-28(31)26-17(3)20-10-6-16(2)12-23(20)33-26/h4-13,25H,30H2,1-3H3. The average Bonchev–Trinajstić information content (AvgIpc) is 3.14. The number of aryl methyl sites for hydroxylation is 3. The first-order valence-corrected chi connectivity index (χ1v) is 10.9. The number of ether oxygens (including phenoxy) is 2. The van der Waals surface area contributed by atoms with Crippen molar-refractivity contribution in [2.75, 3.05) is 0 Å². The summed E-state index contributed by atoms with van der Waals surface area (Å²) in [6, 6.07) is 21.0. The molecule has 0 bridgehead atoms. The summed E-state index contributed by atoms with van der Waals surface area (Å²) in [5.74, 6) is -0.0612. The van der Waals surface area contributed by atoms with Crippen LogP contribution in [-0.2, 0) is 0 Å². The number of carbonyl (C=O) groups excluding carboxylic acids is 1. The average molecular weight is 450 g/mol. The summed E-state index contributed by atoms with van der Waals surface area (Å²) < 4.78 is 17.1. The van der Waals surface area contributed by atoms with Gasteiger partial charge in [-0.25, -0.2) is 4.79 Å². The van der Waals surface area contributed by atoms with Gasteiger partial charge in [0.2, 0.25) is 11.6 Å². The molecule has 0 fully saturated rings. The minimum Gasteiger partial charge on any atom is -0.449 e. The van der Waals surface area contributed by atoms with Gasteiger partial charge in [0.05, 0.1) is 5.92 Å². The zero-order valence-electron chi connectivity index (χ0n) is 19.0. The van der Waals surface area contributed by atoms with Crippen molar-refractivity contribution >= 4 is 16.9 Å². The topological polar surface area (TPSA) is 98.5 Å². The minimum atomic E-state index is -0.599. The van der Waals surface area contributed by atoms with E-state index >= 15 is 0 Å². The van der Waals surface area contributed by atoms with Crippen molar-refractivity contribution in [3.63, 3.8) is 0 Å². The van der Waals surface area contributed by atoms with Crippen molar-refractivity contribution in [3.05, 3.63) is 106 Å². The van der Waals surface area contributed by atoms with Gasteiger partial charge in [0.25, 0.3) is 0 Å². The van der Waals surface area contributed by atoms with Crippen LogP contribution in [0.5, 0.6) is 11.5 Å². The highest BCUT2D eigenvalue weighted by Gasteiger charge is 2.31. The fourth-order valence-electron chi connectivity index (χ4n) is 4.28. The monoisotopic (exact) mass is 450 g/mol. The molecule has 0 radical (unpaired) electrons. The molecule has 0 spiro atoms. The fraction of sp³-hybridized carbons (Fsp3) is 0.143. The Bertz CT molecular complexity index is 1520. The Hall–Kier alpha value is -4.50. The molecule has 2 N–H and O–H groups in total. The second-order valence-electron chi connectivity index (χ2n) is 8.48. The number of allylic oxidation sites excluding steroid dienone is 1. The Labute approximate surface area is 196 Å². The Morgan fingerprint density at radius 2 is 1.74 bits per heavy atom. The van der Waals surface area contributed by atoms with Crippen molar-refractivity contribution in [1.82, 2.24) is 0 Å². The van der Waals surface area contributed by atoms with Gasteiger partial charge < -0.3 is 19.6 Å². The van der Waals surface area contributed by atoms with Gasteiger partial charge in [-0.3, -0.25) is 0 Å². The van der Waals surface area contributed by atoms with E-state index in [0.29, 0.717) is 16.9 Å². The molecule has 3 aromatic carbocycles. The summed E-state index contributed by atoms with van der Waals surface area (Å²) in [6.45, 7) is 5.79. The molecule has 1 unspecified atom stereocenters. The number of rotatable bonds is 3. The van der Waals surface area contributed by atoms with Crippen molar-refractivity contribution in [2.24, 2.45) is 5.73 Å². The van der Waals surface area contributed by atoms with Gasteiger partial charge in [-0.1, -0.05) is 48.0 Å². The molecular formula is C28H22N2O4. The van der Waals surface area contributed by atoms with E-state index in [1.54, 1.807) is 18.2 Å². The second kappa shape index (κ2) is 8.13. The third-order valence-electron chi connectivity index (χ3n) is 6.09. The van der Waals surface area contributed by atoms with E-state index in [1.165, 1.54) is 0 Å². The molecule has 5 rings (SSSR count). The van der Waals surface area contributed by atoms with Gasteiger partial charge in [-0.05, 0) is 44.0 Å². The van der Waals surface area contributed by atoms with Crippen molar-refractivity contribution in [3.8, 4) is 17.6 Å². The molecule has 168 valence electrons. The summed E-state index contributed by atoms with van der Waals surface area (Å²) in [6.07, 6.45) is 0. The van der Waals surface area contributed by atoms with Gasteiger partial charge in [-0.15, -0.1) is 0 Å². The number of benzene rings is 3. The van der Waals surface area contributed by atoms with Crippen molar-refractivity contribution < 1.29 is 18.7 Å². The van der Waals surface area contributed by atoms with Crippen LogP contribution in [0.1, 0.15) is 44.3 Å². The molecule has 2 heterocycles. The minimum absolute atomic E-state index is 0.0348. The molecule has 34 heavy (non-hydrogen) atoms. The van der Waals surface area contributed by atoms with Crippen LogP contribution in [0.15, 0.2) is 76.5 Å². The molecule has 6 heteroatoms. The van der Waals surface area contributed by atoms with Gasteiger partial charge in [-0.2, -0.15) is 5.26 Å². The Morgan fingerprint density at radius 1 is 1.00 bits per heavy atom. The number of nitriles is 1. The fourth-order valence-corrected chi connectivity index (χ4v) is 4.28. The smallest absolute Gasteiger partial charge is 0.379 e. The molecule has 0 saturated carbocycles. The maximum atomic E-state index is 12.9. The van der Waals surface area contributed by atoms with Crippen LogP contribution in [0.3, 0.4) is 0 Å². The van der Waals surface area contributed by atoms with Gasteiger partial charge >= 0.3 is 5.97 Å². The first-order chi connectivity index (χ1) is 16.4. The zero-order chi connectivity index (χ0) is 24.0. The lowest BCUT2D eigenvalue weighted by Gasteiger charge is -2.26. The molecule has 0 saturated heterocycles. The number of nitrogens with zero attached hydrogens (tertiary/aromatic N) is 1. The number of furan rings is 1. The molecule has 0 aliphatic carbocycles. The number of hydrogen-bond donors (Lipinski definition) is 1. The molecule has 4 aromatic rings. The van der Waals surface area contributed by atoms with Crippen LogP contribution >= 0.6 is 0 Å². The summed E-state index contributed by atoms with van der Waals surface area (Å²) >= 11 is 0. The summed E-state index contributed by atoms with van der Waals surface area (Å²) in [5.41, 5.74) is 11.6. The zero-order valence-corrected chi connectivity index (χ0v) is 19.0. The predicted octanol–water partition coefficient (Wildman–Crippen LogP) is 5.80. The van der Waals surface area contributed by atoms with Crippen LogP contribution in [-0.4, -0.2) is 5.97 Å². The highest BCUT2D eigenvalue weighted by atomic mass is 16.5. The van der Waals surface area contributed by atoms with Gasteiger partial charge in [0, 0.05) is 22.6 Å². The SMILES string of the molecule is Cc1ccc(C2C(C#N)=C(N)Oc3cc(OC(=O)c4oc5cc(C)ccc5c4C)ccc32)cc1. The number of hydrogen-bond acceptors (Lipinski definition) is 6. The van der Waals surface area contributed by atoms with Crippen molar-refractivity contribution in [1.29, 1.82) is 5.26 Å². The van der Waals surface area contributed by atoms with E-state index in [0.717, 1.165) is 33.2 Å². The van der Waals surface area contributed by atoms with Gasteiger partial charge in [0.1, 0.15) is 28.7 Å². The molecule has 1 atom stereocenters. The number of nitrogens with two attached hydrogens (primary N) is 1. The molecule has 0 amide bonds. The lowest BCUT2D eigenvalue weighted by molar-refractivity contribution is 0.0702. The Balaban J connectivity index is 1.49. The predicted molar refractivity (Wildman–Crippen MR) is 128 cm³/mol. The second-order valence-corrected chi connectivity index (χ2v) is 8.48. The van der Waals surface area contributed by atoms with E-state index in [1.807, 2.05) is 63.2 Å². The molecular weight excluding hydrogens is 428 g/mol. The van der Waals surface area contributed by atoms with Crippen LogP contribution < -0.4 is 15.2 Å². The van der Waals surface area contributed by atoms with E-state index in [2.05, 4.69) is 6.07 Å². The first-order valence-electron chi connectivity index (χ1n) is 10.9. The molecule has 1 aromatic heterocycles. The molecule has 1 aliphatic heterocycles. The molecule has 6 nitrogen and oxygen atoms in total. The van der Waals surface area contributed by atoms with Crippen LogP contribution in [0.2, 0.25) is 0 Å². The van der Waals surface area contributed by atoms with E-state index < -0.39 is 5.97 Å². The summed E-state index contributed by atoms with van der Waals surface area (Å²) in [7, 11) is 0. The highest BCUT2D eigenvalue weighted by molar-refractivity contribution is 5.97. The maximum absolute atomic E-state index is 12.9. The third kappa shape index (κ3) is 3.57. The quantitative estimate of drug-likeness (QED) is 0.313. The number of fused-ring (bicyclic) bond motifs is 2. The van der Waals surface area contributed by atoms with E-state index in [-0.39, 0.29) is 23.3 Å². The summed E-state index contributed by atoms with van der Waals surface area (Å²) in [4.78, 5) is 12.9. The van der Waals surface area contributed by atoms with Crippen LogP contribution in [0.4, 0.5) is 0 Å². The lowest BCUT2D eigenvalue weighted by atomic mass is 9.83. The highest BCUT2D eigenvalue weighted by Crippen LogP contribution is 2.43. The Kier molecular flexibility index (Phi) is 5.10. The lowest BCUT2D eigenvalue weighted by Crippen LogP contribution is -2.21. The van der Waals surface area contributed by atoms with Crippen LogP contribution in [0, 0.1) is 32.1 Å². The number of esters is 1. The maximum Gasteiger partial charge on any atom is 0.379 e. The molecule has 1 aliphatic rings. The third-order valence-corrected chi connectivity index (χ3v) is 6.09. The summed E-state index contributed by atoms with van der Waals surface area (Å²) in [5, 5.41) is 10.6. The van der Waals surface area contributed by atoms with Gasteiger partial charge in [0.15, 0.2) is 0 Å². The van der Waals surface area contributed by atoms with Crippen molar-refractivity contribution in [2.45, 2.75) is 26.7 Å². The Morgan fingerprint density at radius 3 is 2.47 bits per heavy atom.